The van der Waals surface area contributed by atoms with Gasteiger partial charge in [-0.2, -0.15) is 0 Å². The maximum atomic E-state index is 13.4. The number of hydrogen-bond acceptors (Lipinski definition) is 2. The van der Waals surface area contributed by atoms with Crippen molar-refractivity contribution in [2.24, 2.45) is 34.5 Å². The number of alkyl halides is 2. The Hall–Kier alpha value is -0.100. The van der Waals surface area contributed by atoms with Crippen molar-refractivity contribution in [3.05, 3.63) is 0 Å². The Balaban J connectivity index is 0.950. The van der Waals surface area contributed by atoms with Gasteiger partial charge >= 0.3 is 0 Å². The van der Waals surface area contributed by atoms with Gasteiger partial charge < -0.3 is 9.80 Å². The van der Waals surface area contributed by atoms with Gasteiger partial charge in [0.1, 0.15) is 0 Å². The average Bonchev–Trinajstić information content (AvgIpc) is 2.69. The highest BCUT2D eigenvalue weighted by atomic mass is 79.9. The van der Waals surface area contributed by atoms with Crippen LogP contribution in [-0.4, -0.2) is 56.4 Å². The van der Waals surface area contributed by atoms with Crippen LogP contribution in [0.15, 0.2) is 0 Å². The third-order valence-corrected chi connectivity index (χ3v) is 13.1. The summed E-state index contributed by atoms with van der Waals surface area (Å²) in [7, 11) is 0. The minimum absolute atomic E-state index is 0.238. The zero-order valence-corrected chi connectivity index (χ0v) is 23.7. The summed E-state index contributed by atoms with van der Waals surface area (Å²) in [6.45, 7) is 2.92. The van der Waals surface area contributed by atoms with Crippen molar-refractivity contribution in [2.75, 3.05) is 26.2 Å². The lowest BCUT2D eigenvalue weighted by molar-refractivity contribution is -0.147. The van der Waals surface area contributed by atoms with E-state index in [2.05, 4.69) is 41.7 Å². The van der Waals surface area contributed by atoms with Crippen molar-refractivity contribution < 1.29 is 9.59 Å². The lowest BCUT2D eigenvalue weighted by Gasteiger charge is -2.60. The van der Waals surface area contributed by atoms with Crippen LogP contribution in [0.4, 0.5) is 0 Å². The van der Waals surface area contributed by atoms with Crippen LogP contribution in [0.5, 0.6) is 0 Å². The van der Waals surface area contributed by atoms with E-state index in [9.17, 15) is 9.59 Å². The van der Waals surface area contributed by atoms with Gasteiger partial charge in [-0.15, -0.1) is 0 Å². The summed E-state index contributed by atoms with van der Waals surface area (Å²) in [6, 6.07) is 0. The van der Waals surface area contributed by atoms with Crippen molar-refractivity contribution in [1.29, 1.82) is 0 Å². The maximum absolute atomic E-state index is 13.4. The highest BCUT2D eigenvalue weighted by molar-refractivity contribution is 9.10. The van der Waals surface area contributed by atoms with Gasteiger partial charge in [0.25, 0.3) is 0 Å². The number of carbonyl (C=O) groups excluding carboxylic acids is 2. The molecule has 0 spiro atoms. The third kappa shape index (κ3) is 3.94. The first-order valence-electron chi connectivity index (χ1n) is 14.1. The Bertz CT molecular complexity index is 797. The number of amides is 2. The second-order valence-electron chi connectivity index (χ2n) is 14.3. The standard InChI is InChI=1S/C28H40Br2N2O2/c29-27-11-19-5-20(12-27)8-25(7-19,17-27)15-23(33)31-1-2-32(4-3-31)24(34)16-26-9-21-6-22(10-26)14-28(30,13-21)18-26/h19-22H,1-18H2. The van der Waals surface area contributed by atoms with Gasteiger partial charge in [0.15, 0.2) is 0 Å². The van der Waals surface area contributed by atoms with Gasteiger partial charge in [-0.1, -0.05) is 31.9 Å². The molecule has 0 N–H and O–H groups in total. The second kappa shape index (κ2) is 7.71. The molecule has 8 saturated carbocycles. The summed E-state index contributed by atoms with van der Waals surface area (Å²) in [5.74, 6) is 4.01. The van der Waals surface area contributed by atoms with Crippen LogP contribution < -0.4 is 0 Å². The molecule has 1 aliphatic heterocycles. The number of rotatable bonds is 4. The first-order chi connectivity index (χ1) is 16.1. The number of halogens is 2. The highest BCUT2D eigenvalue weighted by Crippen LogP contribution is 2.66. The topological polar surface area (TPSA) is 40.6 Å². The summed E-state index contributed by atoms with van der Waals surface area (Å²) in [5, 5.41) is 0. The molecule has 8 bridgehead atoms. The molecule has 4 atom stereocenters. The molecule has 9 fully saturated rings. The summed E-state index contributed by atoms with van der Waals surface area (Å²) in [4.78, 5) is 31.0. The number of hydrogen-bond donors (Lipinski definition) is 0. The van der Waals surface area contributed by atoms with E-state index in [1.54, 1.807) is 0 Å². The van der Waals surface area contributed by atoms with Crippen LogP contribution >= 0.6 is 31.9 Å². The Morgan fingerprint density at radius 3 is 1.21 bits per heavy atom. The Morgan fingerprint density at radius 1 is 0.588 bits per heavy atom. The van der Waals surface area contributed by atoms with Crippen LogP contribution in [0.1, 0.15) is 89.9 Å². The quantitative estimate of drug-likeness (QED) is 0.379. The van der Waals surface area contributed by atoms with Gasteiger partial charge in [0.05, 0.1) is 0 Å². The number of nitrogens with zero attached hydrogens (tertiary/aromatic N) is 2. The van der Waals surface area contributed by atoms with Crippen molar-refractivity contribution in [2.45, 2.75) is 98.5 Å². The van der Waals surface area contributed by atoms with Crippen molar-refractivity contribution >= 4 is 43.7 Å². The third-order valence-electron chi connectivity index (χ3n) is 11.3. The van der Waals surface area contributed by atoms with E-state index in [1.807, 2.05) is 0 Å². The van der Waals surface area contributed by atoms with E-state index in [4.69, 9.17) is 0 Å². The molecule has 1 saturated heterocycles. The van der Waals surface area contributed by atoms with Crippen molar-refractivity contribution in [1.82, 2.24) is 9.80 Å². The van der Waals surface area contributed by atoms with E-state index < -0.39 is 0 Å². The average molecular weight is 596 g/mol. The molecule has 9 rings (SSSR count). The van der Waals surface area contributed by atoms with Crippen LogP contribution in [-0.2, 0) is 9.59 Å². The number of piperazine rings is 1. The molecule has 1 heterocycles. The van der Waals surface area contributed by atoms with E-state index in [-0.39, 0.29) is 10.8 Å². The Kier molecular flexibility index (Phi) is 5.23. The molecule has 34 heavy (non-hydrogen) atoms. The summed E-state index contributed by atoms with van der Waals surface area (Å²) in [6.07, 6.45) is 17.0. The monoisotopic (exact) mass is 594 g/mol. The molecule has 0 radical (unpaired) electrons. The summed E-state index contributed by atoms with van der Waals surface area (Å²) >= 11 is 8.20. The normalized spacial score (nSPS) is 50.8. The van der Waals surface area contributed by atoms with Crippen molar-refractivity contribution in [3.8, 4) is 0 Å². The molecule has 4 unspecified atom stereocenters. The maximum Gasteiger partial charge on any atom is 0.223 e. The molecule has 6 heteroatoms. The number of carbonyl (C=O) groups is 2. The summed E-state index contributed by atoms with van der Waals surface area (Å²) < 4.78 is 0.626. The van der Waals surface area contributed by atoms with Gasteiger partial charge in [-0.25, -0.2) is 0 Å². The van der Waals surface area contributed by atoms with E-state index in [1.165, 1.54) is 77.0 Å². The molecule has 0 aromatic carbocycles. The Labute approximate surface area is 221 Å². The lowest BCUT2D eigenvalue weighted by Crippen LogP contribution is -2.57. The first kappa shape index (κ1) is 23.0. The molecule has 9 aliphatic rings. The minimum atomic E-state index is 0.238. The largest absolute Gasteiger partial charge is 0.339 e. The zero-order valence-electron chi connectivity index (χ0n) is 20.5. The van der Waals surface area contributed by atoms with Gasteiger partial charge in [-0.3, -0.25) is 9.59 Å². The predicted octanol–water partition coefficient (Wildman–Crippen LogP) is 5.91. The Morgan fingerprint density at radius 2 is 0.912 bits per heavy atom. The summed E-state index contributed by atoms with van der Waals surface area (Å²) in [5.41, 5.74) is 0.476. The molecular formula is C28H40Br2N2O2. The molecule has 0 aromatic rings. The van der Waals surface area contributed by atoms with Crippen LogP contribution in [0.25, 0.3) is 0 Å². The minimum Gasteiger partial charge on any atom is -0.339 e. The van der Waals surface area contributed by atoms with Gasteiger partial charge in [0, 0.05) is 47.7 Å². The van der Waals surface area contributed by atoms with E-state index in [0.717, 1.165) is 62.7 Å². The fourth-order valence-corrected chi connectivity index (χ4v) is 14.2. The van der Waals surface area contributed by atoms with Crippen LogP contribution in [0.2, 0.25) is 0 Å². The van der Waals surface area contributed by atoms with Crippen LogP contribution in [0.3, 0.4) is 0 Å². The van der Waals surface area contributed by atoms with Gasteiger partial charge in [0.2, 0.25) is 11.8 Å². The second-order valence-corrected chi connectivity index (χ2v) is 17.7. The SMILES string of the molecule is O=C(CC12CC3CC(CC(Br)(C3)C1)C2)N1CCN(C(=O)CC23CC4CC(CC(Br)(C4)C2)C3)CC1. The fourth-order valence-electron chi connectivity index (χ4n) is 11.2. The highest BCUT2D eigenvalue weighted by Gasteiger charge is 2.58. The molecule has 0 aromatic heterocycles. The predicted molar refractivity (Wildman–Crippen MR) is 140 cm³/mol. The lowest BCUT2D eigenvalue weighted by atomic mass is 9.48. The smallest absolute Gasteiger partial charge is 0.223 e. The molecule has 4 nitrogen and oxygen atoms in total. The molecule has 8 aliphatic carbocycles. The van der Waals surface area contributed by atoms with Gasteiger partial charge in [-0.05, 0) is 112 Å². The zero-order chi connectivity index (χ0) is 23.3. The van der Waals surface area contributed by atoms with E-state index >= 15 is 0 Å². The van der Waals surface area contributed by atoms with Crippen molar-refractivity contribution in [3.63, 3.8) is 0 Å². The van der Waals surface area contributed by atoms with E-state index in [0.29, 0.717) is 20.5 Å². The van der Waals surface area contributed by atoms with Crippen LogP contribution in [0, 0.1) is 34.5 Å². The molecule has 188 valence electrons. The molecule has 2 amide bonds. The molecular weight excluding hydrogens is 556 g/mol. The first-order valence-corrected chi connectivity index (χ1v) is 15.6. The fraction of sp³-hybridized carbons (Fsp3) is 0.929.